The molecule has 98 valence electrons. The lowest BCUT2D eigenvalue weighted by molar-refractivity contribution is 0.288. The van der Waals surface area contributed by atoms with E-state index in [2.05, 4.69) is 29.8 Å². The van der Waals surface area contributed by atoms with Gasteiger partial charge in [0.15, 0.2) is 0 Å². The van der Waals surface area contributed by atoms with E-state index < -0.39 is 0 Å². The van der Waals surface area contributed by atoms with Crippen molar-refractivity contribution in [1.82, 2.24) is 4.98 Å². The molecule has 0 fully saturated rings. The largest absolute Gasteiger partial charge is 0.396 e. The zero-order valence-electron chi connectivity index (χ0n) is 11.6. The summed E-state index contributed by atoms with van der Waals surface area (Å²) in [4.78, 5) is 6.48. The second kappa shape index (κ2) is 6.36. The van der Waals surface area contributed by atoms with Crippen molar-refractivity contribution in [3.63, 3.8) is 0 Å². The van der Waals surface area contributed by atoms with E-state index in [4.69, 9.17) is 5.11 Å². The standard InChI is InChI=1S/C14H21N3O/c1-10(2)17(6-5-7-18)14-8-11(3)16-12(4)13(14)9-15/h8,10,18H,5-7H2,1-4H3. The second-order valence-electron chi connectivity index (χ2n) is 4.72. The number of hydrogen-bond donors (Lipinski definition) is 1. The summed E-state index contributed by atoms with van der Waals surface area (Å²) < 4.78 is 0. The zero-order valence-corrected chi connectivity index (χ0v) is 11.6. The Balaban J connectivity index is 3.22. The summed E-state index contributed by atoms with van der Waals surface area (Å²) in [7, 11) is 0. The smallest absolute Gasteiger partial charge is 0.103 e. The molecule has 0 aliphatic heterocycles. The van der Waals surface area contributed by atoms with Crippen LogP contribution in [0.4, 0.5) is 5.69 Å². The van der Waals surface area contributed by atoms with Crippen molar-refractivity contribution < 1.29 is 5.11 Å². The molecule has 1 N–H and O–H groups in total. The Bertz CT molecular complexity index is 449. The fraction of sp³-hybridized carbons (Fsp3) is 0.571. The molecule has 0 amide bonds. The average molecular weight is 247 g/mol. The summed E-state index contributed by atoms with van der Waals surface area (Å²) in [5.74, 6) is 0. The molecule has 0 radical (unpaired) electrons. The van der Waals surface area contributed by atoms with Gasteiger partial charge in [0, 0.05) is 24.9 Å². The highest BCUT2D eigenvalue weighted by atomic mass is 16.3. The van der Waals surface area contributed by atoms with Crippen molar-refractivity contribution in [2.75, 3.05) is 18.1 Å². The number of aromatic nitrogens is 1. The topological polar surface area (TPSA) is 60.1 Å². The minimum Gasteiger partial charge on any atom is -0.396 e. The predicted octanol–water partition coefficient (Wildman–Crippen LogP) is 2.17. The molecule has 0 aliphatic carbocycles. The first kappa shape index (κ1) is 14.5. The number of pyridine rings is 1. The lowest BCUT2D eigenvalue weighted by Crippen LogP contribution is -2.33. The Labute approximate surface area is 109 Å². The molecule has 18 heavy (non-hydrogen) atoms. The molecule has 0 spiro atoms. The molecule has 1 aromatic heterocycles. The number of aryl methyl sites for hydroxylation is 2. The van der Waals surface area contributed by atoms with Gasteiger partial charge in [0.1, 0.15) is 6.07 Å². The molecule has 0 saturated carbocycles. The molecule has 4 heteroatoms. The van der Waals surface area contributed by atoms with Crippen molar-refractivity contribution in [2.24, 2.45) is 0 Å². The van der Waals surface area contributed by atoms with Crippen LogP contribution < -0.4 is 4.90 Å². The molecule has 1 heterocycles. The maximum Gasteiger partial charge on any atom is 0.103 e. The lowest BCUT2D eigenvalue weighted by atomic mass is 10.1. The third-order valence-corrected chi connectivity index (χ3v) is 2.91. The number of nitriles is 1. The van der Waals surface area contributed by atoms with Crippen molar-refractivity contribution in [3.8, 4) is 6.07 Å². The van der Waals surface area contributed by atoms with Gasteiger partial charge in [-0.05, 0) is 40.2 Å². The van der Waals surface area contributed by atoms with Crippen molar-refractivity contribution in [1.29, 1.82) is 5.26 Å². The van der Waals surface area contributed by atoms with Crippen LogP contribution in [0, 0.1) is 25.2 Å². The molecule has 0 aliphatic rings. The SMILES string of the molecule is Cc1cc(N(CCCO)C(C)C)c(C#N)c(C)n1. The first-order valence-electron chi connectivity index (χ1n) is 6.27. The summed E-state index contributed by atoms with van der Waals surface area (Å²) in [5, 5.41) is 18.3. The van der Waals surface area contributed by atoms with Crippen LogP contribution >= 0.6 is 0 Å². The fourth-order valence-electron chi connectivity index (χ4n) is 2.07. The Hall–Kier alpha value is -1.60. The van der Waals surface area contributed by atoms with Crippen LogP contribution in [0.15, 0.2) is 6.07 Å². The van der Waals surface area contributed by atoms with E-state index in [1.54, 1.807) is 0 Å². The highest BCUT2D eigenvalue weighted by molar-refractivity contribution is 5.62. The van der Waals surface area contributed by atoms with Gasteiger partial charge in [-0.15, -0.1) is 0 Å². The van der Waals surface area contributed by atoms with E-state index in [-0.39, 0.29) is 12.6 Å². The number of aliphatic hydroxyl groups excluding tert-OH is 1. The van der Waals surface area contributed by atoms with Gasteiger partial charge in [0.25, 0.3) is 0 Å². The van der Waals surface area contributed by atoms with Crippen LogP contribution in [0.1, 0.15) is 37.2 Å². The molecule has 0 atom stereocenters. The van der Waals surface area contributed by atoms with Crippen molar-refractivity contribution in [2.45, 2.75) is 40.2 Å². The van der Waals surface area contributed by atoms with Gasteiger partial charge in [-0.2, -0.15) is 5.26 Å². The highest BCUT2D eigenvalue weighted by Crippen LogP contribution is 2.25. The van der Waals surface area contributed by atoms with Crippen molar-refractivity contribution in [3.05, 3.63) is 23.0 Å². The van der Waals surface area contributed by atoms with Gasteiger partial charge in [0.2, 0.25) is 0 Å². The Kier molecular flexibility index (Phi) is 5.11. The normalized spacial score (nSPS) is 10.5. The van der Waals surface area contributed by atoms with Crippen LogP contribution in [0.3, 0.4) is 0 Å². The molecule has 1 rings (SSSR count). The van der Waals surface area contributed by atoms with E-state index in [0.717, 1.165) is 23.6 Å². The number of anilines is 1. The van der Waals surface area contributed by atoms with Crippen LogP contribution in [0.2, 0.25) is 0 Å². The molecule has 0 aromatic carbocycles. The van der Waals surface area contributed by atoms with Gasteiger partial charge >= 0.3 is 0 Å². The number of rotatable bonds is 5. The number of nitrogens with zero attached hydrogens (tertiary/aromatic N) is 3. The van der Waals surface area contributed by atoms with Gasteiger partial charge in [-0.3, -0.25) is 4.98 Å². The summed E-state index contributed by atoms with van der Waals surface area (Å²) in [5.41, 5.74) is 3.23. The van der Waals surface area contributed by atoms with Gasteiger partial charge in [-0.1, -0.05) is 0 Å². The summed E-state index contributed by atoms with van der Waals surface area (Å²) >= 11 is 0. The molecule has 0 bridgehead atoms. The minimum atomic E-state index is 0.161. The monoisotopic (exact) mass is 247 g/mol. The molecular formula is C14H21N3O. The molecule has 1 aromatic rings. The first-order valence-corrected chi connectivity index (χ1v) is 6.27. The molecule has 0 unspecified atom stereocenters. The van der Waals surface area contributed by atoms with Crippen LogP contribution in [-0.4, -0.2) is 29.3 Å². The summed E-state index contributed by atoms with van der Waals surface area (Å²) in [6.07, 6.45) is 0.698. The summed E-state index contributed by atoms with van der Waals surface area (Å²) in [6, 6.07) is 4.47. The van der Waals surface area contributed by atoms with E-state index in [1.165, 1.54) is 0 Å². The lowest BCUT2D eigenvalue weighted by Gasteiger charge is -2.30. The average Bonchev–Trinajstić information content (AvgIpc) is 2.28. The molecular weight excluding hydrogens is 226 g/mol. The molecule has 0 saturated heterocycles. The van der Waals surface area contributed by atoms with E-state index in [9.17, 15) is 5.26 Å². The minimum absolute atomic E-state index is 0.161. The summed E-state index contributed by atoms with van der Waals surface area (Å²) in [6.45, 7) is 8.87. The fourth-order valence-corrected chi connectivity index (χ4v) is 2.07. The van der Waals surface area contributed by atoms with Crippen molar-refractivity contribution >= 4 is 5.69 Å². The quantitative estimate of drug-likeness (QED) is 0.866. The van der Waals surface area contributed by atoms with E-state index >= 15 is 0 Å². The van der Waals surface area contributed by atoms with E-state index in [0.29, 0.717) is 12.0 Å². The van der Waals surface area contributed by atoms with Crippen LogP contribution in [0.25, 0.3) is 0 Å². The van der Waals surface area contributed by atoms with Gasteiger partial charge in [0.05, 0.1) is 16.9 Å². The van der Waals surface area contributed by atoms with E-state index in [1.807, 2.05) is 19.9 Å². The Morgan fingerprint density at radius 1 is 1.44 bits per heavy atom. The Morgan fingerprint density at radius 3 is 2.61 bits per heavy atom. The van der Waals surface area contributed by atoms with Gasteiger partial charge < -0.3 is 10.0 Å². The number of hydrogen-bond acceptors (Lipinski definition) is 4. The van der Waals surface area contributed by atoms with Crippen LogP contribution in [0.5, 0.6) is 0 Å². The first-order chi connectivity index (χ1) is 8.51. The third kappa shape index (κ3) is 3.21. The zero-order chi connectivity index (χ0) is 13.7. The maximum absolute atomic E-state index is 9.28. The maximum atomic E-state index is 9.28. The predicted molar refractivity (Wildman–Crippen MR) is 72.6 cm³/mol. The second-order valence-corrected chi connectivity index (χ2v) is 4.72. The van der Waals surface area contributed by atoms with Crippen LogP contribution in [-0.2, 0) is 0 Å². The Morgan fingerprint density at radius 2 is 2.11 bits per heavy atom. The number of aliphatic hydroxyl groups is 1. The third-order valence-electron chi connectivity index (χ3n) is 2.91. The molecule has 4 nitrogen and oxygen atoms in total. The van der Waals surface area contributed by atoms with Gasteiger partial charge in [-0.25, -0.2) is 0 Å². The highest BCUT2D eigenvalue weighted by Gasteiger charge is 2.17.